The van der Waals surface area contributed by atoms with Gasteiger partial charge in [0.2, 0.25) is 33.1 Å². The molecule has 1 atom stereocenters. The molecule has 1 fully saturated rings. The van der Waals surface area contributed by atoms with Crippen LogP contribution in [-0.4, -0.2) is 219 Å². The topological polar surface area (TPSA) is 535 Å². The van der Waals surface area contributed by atoms with Crippen molar-refractivity contribution in [3.8, 4) is 57.4 Å². The normalized spacial score (nSPS) is 14.5. The zero-order valence-corrected chi connectivity index (χ0v) is 93.1. The maximum atomic E-state index is 12.6. The summed E-state index contributed by atoms with van der Waals surface area (Å²) in [5.74, 6) is 12.2. The molecule has 5 aromatic carbocycles. The van der Waals surface area contributed by atoms with E-state index in [4.69, 9.17) is 86.5 Å². The van der Waals surface area contributed by atoms with E-state index in [1.165, 1.54) is 55.8 Å². The second kappa shape index (κ2) is 49.3. The van der Waals surface area contributed by atoms with E-state index in [0.717, 1.165) is 235 Å². The molecule has 0 saturated carbocycles. The van der Waals surface area contributed by atoms with Crippen LogP contribution in [0.4, 0.5) is 29.2 Å². The Labute approximate surface area is 906 Å². The van der Waals surface area contributed by atoms with Crippen LogP contribution in [0.25, 0.3) is 56.0 Å². The number of carbonyl (C=O) groups excluding carboxylic acids is 2. The van der Waals surface area contributed by atoms with Crippen molar-refractivity contribution >= 4 is 205 Å². The molecular weight excluding hydrogens is 2330 g/mol. The Hall–Kier alpha value is -11.3. The lowest BCUT2D eigenvalue weighted by molar-refractivity contribution is -0.140. The molecule has 15 heterocycles. The number of anilines is 5. The quantitative estimate of drug-likeness (QED) is 0.0177. The summed E-state index contributed by atoms with van der Waals surface area (Å²) in [4.78, 5) is 94.7. The molecule has 16 N–H and O–H groups in total. The average Bonchev–Trinajstić information content (AvgIpc) is 1.63. The smallest absolute Gasteiger partial charge is 0.251 e. The van der Waals surface area contributed by atoms with Gasteiger partial charge in [-0.25, -0.2) is 64.8 Å². The molecule has 41 nitrogen and oxygen atoms in total. The minimum absolute atomic E-state index is 0.101. The summed E-state index contributed by atoms with van der Waals surface area (Å²) < 4.78 is 56.6. The van der Waals surface area contributed by atoms with Crippen molar-refractivity contribution in [2.45, 2.75) is 172 Å². The van der Waals surface area contributed by atoms with Gasteiger partial charge in [-0.3, -0.25) is 9.59 Å². The van der Waals surface area contributed by atoms with E-state index in [2.05, 4.69) is 238 Å². The van der Waals surface area contributed by atoms with Gasteiger partial charge in [0.15, 0.2) is 135 Å². The number of aryl methyl sites for hydroxylation is 3. The second-order valence-corrected chi connectivity index (χ2v) is 44.7. The Bertz CT molecular complexity index is 6920. The SMILES string of the molecule is C=C1CCSc2nc(N)nc(n2)-c2cc(c(C)cc2C)C(=O)NCCCN1.CC(C)(C)CNCCn1c(Sc2cc3c(cc2I)OCO3)nc2c(N)ncnc21.CC(C)CNCCn1c(Cc2cc3c(cc2I)OCO3)nc2c(N)ncnc21.CC(C)CNCCn1c(Cc2cc3c(cc2I)OCO3)nc2c(N)ncnc21.C[C@H](O)C(=O)N1CCC(CCn2c(Sc3cc4c(cc3Br)OCO4)nc3c(N)ncnc32)CC1. The standard InChI is InChI=1S/C22H25BrN6O4S.C19H23IN6O2S.2C19H23IN6O2.C19H24N6OS/c1-12(30)21(31)28-5-2-13(3-6-28)4-7-29-20-18(19(24)25-10-26-20)27-22(29)34-17-9-16-15(8-14(17)23)32-11-33-16;1-19(2,3)8-22-4-5-26-17-15(16(21)23-9-24-17)25-18(26)29-14-7-13-12(6-11(14)20)27-10-28-13;2*1-11(2)8-22-3-4-26-16(25-17-18(21)23-9-24-19(17)26)6-12-5-14-15(7-13(12)20)28-10-27-14;1-11-9-12(2)15-10-14(11)16-23-18(20)25-19(24-16)27-8-5-13(3)21-6-4-7-22-17(15)26/h8-10,12-13,30H,2-7,11H2,1H3,(H2,24,25,26);6-7,9,22H,4-5,8,10H2,1-3H3,(H2,21,23,24);2*5,7,9,11,22H,3-4,6,8,10H2,1-2H3,(H2,21,23,24);9-10,21H,3-8H2,1-2H3,(H,22,26)(H2,20,23,24,25)/t12-;;;;/m0..../s1. The Balaban J connectivity index is 0.000000131. The highest BCUT2D eigenvalue weighted by molar-refractivity contribution is 14.1. The number of aliphatic hydroxyl groups excluding tert-OH is 1. The van der Waals surface area contributed by atoms with Gasteiger partial charge in [0.25, 0.3) is 11.8 Å². The third kappa shape index (κ3) is 27.1. The highest BCUT2D eigenvalue weighted by atomic mass is 127. The molecule has 48 heteroatoms. The maximum Gasteiger partial charge on any atom is 0.251 e. The minimum atomic E-state index is -0.950. The number of ether oxygens (including phenoxy) is 8. The number of aliphatic hydroxyl groups is 1. The van der Waals surface area contributed by atoms with E-state index < -0.39 is 6.10 Å². The molecule has 0 unspecified atom stereocenters. The van der Waals surface area contributed by atoms with Gasteiger partial charge >= 0.3 is 0 Å². The summed E-state index contributed by atoms with van der Waals surface area (Å²) >= 11 is 15.1. The lowest BCUT2D eigenvalue weighted by Gasteiger charge is -2.32. The lowest BCUT2D eigenvalue weighted by Crippen LogP contribution is -2.43. The first-order valence-electron chi connectivity index (χ1n) is 47.8. The number of amides is 2. The summed E-state index contributed by atoms with van der Waals surface area (Å²) in [5, 5.41) is 28.5. The van der Waals surface area contributed by atoms with Crippen molar-refractivity contribution in [3.05, 3.63) is 153 Å². The van der Waals surface area contributed by atoms with E-state index in [-0.39, 0.29) is 50.3 Å². The average molecular weight is 2450 g/mol. The molecule has 0 aliphatic carbocycles. The van der Waals surface area contributed by atoms with E-state index in [1.54, 1.807) is 16.7 Å². The van der Waals surface area contributed by atoms with Crippen molar-refractivity contribution in [1.29, 1.82) is 0 Å². The van der Waals surface area contributed by atoms with Crippen LogP contribution in [0.5, 0.6) is 46.0 Å². The van der Waals surface area contributed by atoms with Crippen molar-refractivity contribution < 1.29 is 52.6 Å². The molecule has 146 heavy (non-hydrogen) atoms. The number of nitrogens with two attached hydrogens (primary N) is 5. The fraction of sp³-hybridized carbons (Fsp3) is 0.418. The number of likely N-dealkylation sites (tertiary alicyclic amines) is 1. The monoisotopic (exact) mass is 2450 g/mol. The summed E-state index contributed by atoms with van der Waals surface area (Å²) in [7, 11) is 0. The number of nitrogen functional groups attached to an aromatic ring is 5. The van der Waals surface area contributed by atoms with Crippen LogP contribution < -0.4 is 93.1 Å². The molecule has 20 rings (SSSR count). The molecule has 0 radical (unpaired) electrons. The Morgan fingerprint density at radius 3 is 1.47 bits per heavy atom. The number of halogens is 4. The van der Waals surface area contributed by atoms with Crippen LogP contribution in [0.3, 0.4) is 0 Å². The fourth-order valence-corrected chi connectivity index (χ4v) is 21.9. The third-order valence-electron chi connectivity index (χ3n) is 24.0. The fourth-order valence-electron chi connectivity index (χ4n) is 16.6. The Morgan fingerprint density at radius 1 is 0.534 bits per heavy atom. The highest BCUT2D eigenvalue weighted by Crippen LogP contribution is 2.46. The lowest BCUT2D eigenvalue weighted by atomic mass is 9.93. The minimum Gasteiger partial charge on any atom is -0.454 e. The van der Waals surface area contributed by atoms with Crippen molar-refractivity contribution in [2.24, 2.45) is 23.2 Å². The second-order valence-electron chi connectivity index (χ2n) is 37.3. The predicted octanol–water partition coefficient (Wildman–Crippen LogP) is 14.2. The molecule has 14 aromatic rings. The number of nitrogens with zero attached hydrogens (tertiary/aromatic N) is 20. The number of allylic oxidation sites excluding steroid dienone is 1. The molecule has 9 aromatic heterocycles. The number of benzene rings is 5. The summed E-state index contributed by atoms with van der Waals surface area (Å²) in [6, 6.07) is 19.7. The number of rotatable bonds is 26. The van der Waals surface area contributed by atoms with E-state index >= 15 is 0 Å². The van der Waals surface area contributed by atoms with Crippen LogP contribution >= 0.6 is 119 Å². The van der Waals surface area contributed by atoms with Gasteiger partial charge in [-0.1, -0.05) is 96.4 Å². The molecule has 6 aliphatic heterocycles. The molecule has 6 aliphatic rings. The van der Waals surface area contributed by atoms with Gasteiger partial charge in [-0.15, -0.1) is 0 Å². The van der Waals surface area contributed by atoms with Gasteiger partial charge in [0, 0.05) is 139 Å². The summed E-state index contributed by atoms with van der Waals surface area (Å²) in [6.07, 6.45) is 10.6. The van der Waals surface area contributed by atoms with Crippen LogP contribution in [0.15, 0.2) is 128 Å². The first-order valence-corrected chi connectivity index (χ1v) is 54.5. The molecule has 1 saturated heterocycles. The van der Waals surface area contributed by atoms with E-state index in [1.807, 2.05) is 74.5 Å². The number of nitrogens with one attached hydrogen (secondary N) is 5. The number of thioether (sulfide) groups is 1. The number of fused-ring (bicyclic) bond motifs is 13. The number of aromatic nitrogens is 19. The largest absolute Gasteiger partial charge is 0.454 e. The predicted molar refractivity (Wildman–Crippen MR) is 591 cm³/mol. The first kappa shape index (κ1) is 107. The zero-order chi connectivity index (χ0) is 103. The van der Waals surface area contributed by atoms with Crippen LogP contribution in [0.2, 0.25) is 0 Å². The van der Waals surface area contributed by atoms with Crippen LogP contribution in [0, 0.1) is 47.7 Å². The number of piperidine rings is 1. The number of carbonyl (C=O) groups is 2. The van der Waals surface area contributed by atoms with Gasteiger partial charge in [0.1, 0.15) is 43.1 Å². The maximum absolute atomic E-state index is 12.6. The van der Waals surface area contributed by atoms with E-state index in [0.29, 0.717) is 136 Å². The summed E-state index contributed by atoms with van der Waals surface area (Å²) in [5.41, 5.74) is 42.4. The van der Waals surface area contributed by atoms with Crippen molar-refractivity contribution in [1.82, 2.24) is 125 Å². The van der Waals surface area contributed by atoms with E-state index in [9.17, 15) is 14.7 Å². The Kier molecular flexibility index (Phi) is 36.3. The van der Waals surface area contributed by atoms with Gasteiger partial charge in [0.05, 0.1) is 0 Å². The molecule has 2 amide bonds. The van der Waals surface area contributed by atoms with Crippen molar-refractivity contribution in [2.75, 3.05) is 127 Å². The van der Waals surface area contributed by atoms with Crippen LogP contribution in [0.1, 0.15) is 132 Å². The van der Waals surface area contributed by atoms with Crippen molar-refractivity contribution in [3.63, 3.8) is 0 Å². The molecular formula is C98H118BrI3N30O11S3. The first-order chi connectivity index (χ1) is 70.2. The number of hydrogen-bond acceptors (Lipinski definition) is 38. The Morgan fingerprint density at radius 2 is 0.966 bits per heavy atom. The third-order valence-corrected chi connectivity index (χ3v) is 31.2. The highest BCUT2D eigenvalue weighted by Gasteiger charge is 2.31. The summed E-state index contributed by atoms with van der Waals surface area (Å²) in [6.45, 7) is 36.9. The number of hydrogen-bond donors (Lipinski definition) is 11. The van der Waals surface area contributed by atoms with Gasteiger partial charge < -0.3 is 121 Å². The molecule has 0 spiro atoms. The van der Waals surface area contributed by atoms with Crippen LogP contribution in [-0.2, 0) is 43.8 Å². The molecule has 4 bridgehead atoms. The van der Waals surface area contributed by atoms with Gasteiger partial charge in [-0.05, 0) is 250 Å². The van der Waals surface area contributed by atoms with Gasteiger partial charge in [-0.2, -0.15) is 9.97 Å². The number of imidazole rings is 4. The zero-order valence-electron chi connectivity index (χ0n) is 82.6. The molecule has 772 valence electrons.